The fraction of sp³-hybridized carbons (Fsp3) is 0.458. The minimum absolute atomic E-state index is 0.0773. The summed E-state index contributed by atoms with van der Waals surface area (Å²) in [6.07, 6.45) is 0.737. The lowest BCUT2D eigenvalue weighted by molar-refractivity contribution is -0.131. The van der Waals surface area contributed by atoms with Crippen molar-refractivity contribution in [1.29, 1.82) is 0 Å². The molecule has 1 saturated heterocycles. The number of carbonyl (C=O) groups is 1. The lowest BCUT2D eigenvalue weighted by Gasteiger charge is -2.37. The van der Waals surface area contributed by atoms with Crippen molar-refractivity contribution in [2.45, 2.75) is 31.6 Å². The summed E-state index contributed by atoms with van der Waals surface area (Å²) >= 11 is 0. The smallest absolute Gasteiger partial charge is 0.242 e. The standard InChI is InChI=1S/C24H33N3O4S/c1-18-7-6-8-22(19(18)2)26-13-15-27(16-14-26)24(28)12-9-20-17-21(10-11-23(20)31-5)32(29,30)25(3)4/h6-8,10-11,17H,9,12-16H2,1-5H3. The molecule has 2 aromatic carbocycles. The van der Waals surface area contributed by atoms with Gasteiger partial charge in [0.1, 0.15) is 5.75 Å². The first kappa shape index (κ1) is 24.1. The monoisotopic (exact) mass is 459 g/mol. The average molecular weight is 460 g/mol. The van der Waals surface area contributed by atoms with E-state index in [1.807, 2.05) is 4.90 Å². The van der Waals surface area contributed by atoms with E-state index in [2.05, 4.69) is 36.9 Å². The molecule has 0 N–H and O–H groups in total. The molecule has 1 heterocycles. The van der Waals surface area contributed by atoms with Crippen LogP contribution in [0.2, 0.25) is 0 Å². The summed E-state index contributed by atoms with van der Waals surface area (Å²) in [5.74, 6) is 0.670. The molecule has 1 fully saturated rings. The molecule has 1 aliphatic heterocycles. The summed E-state index contributed by atoms with van der Waals surface area (Å²) in [5, 5.41) is 0. The van der Waals surface area contributed by atoms with Gasteiger partial charge in [0, 0.05) is 52.4 Å². The number of ether oxygens (including phenoxy) is 1. The maximum Gasteiger partial charge on any atom is 0.242 e. The first-order chi connectivity index (χ1) is 15.1. The van der Waals surface area contributed by atoms with E-state index in [0.29, 0.717) is 31.7 Å². The first-order valence-corrected chi connectivity index (χ1v) is 12.3. The number of hydrogen-bond acceptors (Lipinski definition) is 5. The Kier molecular flexibility index (Phi) is 7.46. The minimum atomic E-state index is -3.55. The van der Waals surface area contributed by atoms with Crippen molar-refractivity contribution in [3.8, 4) is 5.75 Å². The number of hydrogen-bond donors (Lipinski definition) is 0. The van der Waals surface area contributed by atoms with Crippen LogP contribution in [0, 0.1) is 13.8 Å². The topological polar surface area (TPSA) is 70.2 Å². The molecule has 0 aliphatic carbocycles. The highest BCUT2D eigenvalue weighted by molar-refractivity contribution is 7.89. The van der Waals surface area contributed by atoms with E-state index in [4.69, 9.17) is 4.74 Å². The Hall–Kier alpha value is -2.58. The van der Waals surface area contributed by atoms with Crippen LogP contribution in [0.4, 0.5) is 5.69 Å². The molecule has 0 radical (unpaired) electrons. The van der Waals surface area contributed by atoms with Crippen molar-refractivity contribution in [1.82, 2.24) is 9.21 Å². The molecular formula is C24H33N3O4S. The summed E-state index contributed by atoms with van der Waals surface area (Å²) < 4.78 is 31.5. The van der Waals surface area contributed by atoms with E-state index in [-0.39, 0.29) is 10.8 Å². The van der Waals surface area contributed by atoms with Crippen molar-refractivity contribution < 1.29 is 17.9 Å². The van der Waals surface area contributed by atoms with Crippen molar-refractivity contribution in [2.24, 2.45) is 0 Å². The molecule has 7 nitrogen and oxygen atoms in total. The number of anilines is 1. The normalized spacial score (nSPS) is 14.7. The third-order valence-electron chi connectivity index (χ3n) is 6.19. The van der Waals surface area contributed by atoms with E-state index in [9.17, 15) is 13.2 Å². The molecular weight excluding hydrogens is 426 g/mol. The van der Waals surface area contributed by atoms with Crippen LogP contribution in [0.1, 0.15) is 23.1 Å². The molecule has 0 saturated carbocycles. The average Bonchev–Trinajstić information content (AvgIpc) is 2.79. The van der Waals surface area contributed by atoms with E-state index in [1.165, 1.54) is 41.3 Å². The first-order valence-electron chi connectivity index (χ1n) is 10.8. The molecule has 32 heavy (non-hydrogen) atoms. The van der Waals surface area contributed by atoms with E-state index in [0.717, 1.165) is 18.7 Å². The molecule has 1 amide bonds. The zero-order chi connectivity index (χ0) is 23.5. The van der Waals surface area contributed by atoms with Gasteiger partial charge in [0.2, 0.25) is 15.9 Å². The fourth-order valence-electron chi connectivity index (χ4n) is 4.00. The van der Waals surface area contributed by atoms with Crippen LogP contribution >= 0.6 is 0 Å². The van der Waals surface area contributed by atoms with Crippen LogP contribution in [0.15, 0.2) is 41.3 Å². The van der Waals surface area contributed by atoms with Gasteiger partial charge < -0.3 is 14.5 Å². The Morgan fingerprint density at radius 3 is 2.38 bits per heavy atom. The molecule has 0 atom stereocenters. The van der Waals surface area contributed by atoms with E-state index >= 15 is 0 Å². The quantitative estimate of drug-likeness (QED) is 0.637. The molecule has 0 unspecified atom stereocenters. The molecule has 8 heteroatoms. The van der Waals surface area contributed by atoms with Crippen molar-refractivity contribution in [3.63, 3.8) is 0 Å². The zero-order valence-corrected chi connectivity index (χ0v) is 20.4. The number of amides is 1. The number of nitrogens with zero attached hydrogens (tertiary/aromatic N) is 3. The Bertz CT molecular complexity index is 1070. The predicted octanol–water partition coefficient (Wildman–Crippen LogP) is 2.84. The van der Waals surface area contributed by atoms with Gasteiger partial charge in [-0.1, -0.05) is 12.1 Å². The highest BCUT2D eigenvalue weighted by Crippen LogP contribution is 2.26. The largest absolute Gasteiger partial charge is 0.496 e. The second kappa shape index (κ2) is 9.92. The lowest BCUT2D eigenvalue weighted by atomic mass is 10.1. The van der Waals surface area contributed by atoms with Crippen molar-refractivity contribution in [3.05, 3.63) is 53.1 Å². The van der Waals surface area contributed by atoms with Gasteiger partial charge in [-0.3, -0.25) is 4.79 Å². The summed E-state index contributed by atoms with van der Waals surface area (Å²) in [5.41, 5.74) is 4.51. The maximum absolute atomic E-state index is 12.9. The van der Waals surface area contributed by atoms with Crippen LogP contribution in [0.25, 0.3) is 0 Å². The Labute approximate surface area is 191 Å². The van der Waals surface area contributed by atoms with Crippen LogP contribution in [0.5, 0.6) is 5.75 Å². The number of aryl methyl sites for hydroxylation is 2. The SMILES string of the molecule is COc1ccc(S(=O)(=O)N(C)C)cc1CCC(=O)N1CCN(c2cccc(C)c2C)CC1. The molecule has 174 valence electrons. The molecule has 0 bridgehead atoms. The van der Waals surface area contributed by atoms with Crippen LogP contribution in [-0.4, -0.2) is 70.9 Å². The van der Waals surface area contributed by atoms with Crippen molar-refractivity contribution in [2.75, 3.05) is 52.3 Å². The highest BCUT2D eigenvalue weighted by atomic mass is 32.2. The van der Waals surface area contributed by atoms with Gasteiger partial charge in [0.05, 0.1) is 12.0 Å². The number of sulfonamides is 1. The molecule has 1 aliphatic rings. The molecule has 2 aromatic rings. The van der Waals surface area contributed by atoms with E-state index < -0.39 is 10.0 Å². The number of methoxy groups -OCH3 is 1. The second-order valence-corrected chi connectivity index (χ2v) is 10.5. The van der Waals surface area contributed by atoms with Gasteiger partial charge >= 0.3 is 0 Å². The third-order valence-corrected chi connectivity index (χ3v) is 8.00. The Morgan fingerprint density at radius 2 is 1.75 bits per heavy atom. The zero-order valence-electron chi connectivity index (χ0n) is 19.6. The van der Waals surface area contributed by atoms with Crippen LogP contribution in [-0.2, 0) is 21.2 Å². The van der Waals surface area contributed by atoms with Gasteiger partial charge in [-0.15, -0.1) is 0 Å². The number of rotatable bonds is 7. The van der Waals surface area contributed by atoms with Gasteiger partial charge in [-0.25, -0.2) is 12.7 Å². The summed E-state index contributed by atoms with van der Waals surface area (Å²) in [7, 11) is 1.00. The number of carbonyl (C=O) groups excluding carboxylic acids is 1. The van der Waals surface area contributed by atoms with Crippen molar-refractivity contribution >= 4 is 21.6 Å². The Morgan fingerprint density at radius 1 is 1.06 bits per heavy atom. The number of piperazine rings is 1. The van der Waals surface area contributed by atoms with E-state index in [1.54, 1.807) is 19.2 Å². The molecule has 3 rings (SSSR count). The third kappa shape index (κ3) is 5.07. The number of benzene rings is 2. The summed E-state index contributed by atoms with van der Waals surface area (Å²) in [6, 6.07) is 11.1. The van der Waals surface area contributed by atoms with Gasteiger partial charge in [-0.05, 0) is 61.2 Å². The van der Waals surface area contributed by atoms with Gasteiger partial charge in [0.25, 0.3) is 0 Å². The summed E-state index contributed by atoms with van der Waals surface area (Å²) in [6.45, 7) is 7.22. The van der Waals surface area contributed by atoms with Crippen LogP contribution in [0.3, 0.4) is 0 Å². The van der Waals surface area contributed by atoms with Gasteiger partial charge in [0.15, 0.2) is 0 Å². The van der Waals surface area contributed by atoms with Crippen LogP contribution < -0.4 is 9.64 Å². The second-order valence-electron chi connectivity index (χ2n) is 8.35. The Balaban J connectivity index is 1.63. The predicted molar refractivity (Wildman–Crippen MR) is 127 cm³/mol. The minimum Gasteiger partial charge on any atom is -0.496 e. The molecule has 0 aromatic heterocycles. The highest BCUT2D eigenvalue weighted by Gasteiger charge is 2.23. The fourth-order valence-corrected chi connectivity index (χ4v) is 4.95. The maximum atomic E-state index is 12.9. The van der Waals surface area contributed by atoms with Gasteiger partial charge in [-0.2, -0.15) is 0 Å². The summed E-state index contributed by atoms with van der Waals surface area (Å²) in [4.78, 5) is 17.3. The molecule has 0 spiro atoms. The lowest BCUT2D eigenvalue weighted by Crippen LogP contribution is -2.49.